The summed E-state index contributed by atoms with van der Waals surface area (Å²) < 4.78 is 12.7. The van der Waals surface area contributed by atoms with Crippen LogP contribution >= 0.6 is 11.8 Å². The topological polar surface area (TPSA) is 12.0 Å². The van der Waals surface area contributed by atoms with Gasteiger partial charge in [-0.1, -0.05) is 19.1 Å². The first kappa shape index (κ1) is 13.3. The summed E-state index contributed by atoms with van der Waals surface area (Å²) in [5.41, 5.74) is 1.17. The molecule has 0 radical (unpaired) electrons. The van der Waals surface area contributed by atoms with Gasteiger partial charge in [-0.15, -0.1) is 11.8 Å². The molecule has 1 N–H and O–H groups in total. The number of hydrogen-bond donors (Lipinski definition) is 1. The Morgan fingerprint density at radius 3 is 2.69 bits per heavy atom. The Labute approximate surface area is 101 Å². The molecule has 1 nitrogen and oxygen atoms in total. The van der Waals surface area contributed by atoms with Crippen molar-refractivity contribution in [2.75, 3.05) is 18.8 Å². The Kier molecular flexibility index (Phi) is 6.19. The van der Waals surface area contributed by atoms with Crippen LogP contribution in [0.4, 0.5) is 4.39 Å². The third-order valence-electron chi connectivity index (χ3n) is 2.06. The van der Waals surface area contributed by atoms with Gasteiger partial charge in [0.1, 0.15) is 5.82 Å². The molecule has 88 valence electrons. The van der Waals surface area contributed by atoms with Crippen molar-refractivity contribution in [2.45, 2.75) is 18.2 Å². The molecule has 3 heteroatoms. The van der Waals surface area contributed by atoms with E-state index < -0.39 is 0 Å². The van der Waals surface area contributed by atoms with Gasteiger partial charge in [0.25, 0.3) is 0 Å². The van der Waals surface area contributed by atoms with Crippen LogP contribution in [0.1, 0.15) is 13.3 Å². The molecule has 0 aliphatic rings. The Morgan fingerprint density at radius 1 is 1.38 bits per heavy atom. The quantitative estimate of drug-likeness (QED) is 0.444. The summed E-state index contributed by atoms with van der Waals surface area (Å²) in [6.07, 6.45) is 1.14. The molecule has 0 aliphatic heterocycles. The predicted molar refractivity (Wildman–Crippen MR) is 69.4 cm³/mol. The van der Waals surface area contributed by atoms with Gasteiger partial charge in [-0.05, 0) is 37.2 Å². The summed E-state index contributed by atoms with van der Waals surface area (Å²) in [7, 11) is 0. The first-order chi connectivity index (χ1) is 7.72. The van der Waals surface area contributed by atoms with Crippen LogP contribution in [0.3, 0.4) is 0 Å². The average Bonchev–Trinajstić information content (AvgIpc) is 2.29. The van der Waals surface area contributed by atoms with E-state index in [1.54, 1.807) is 23.9 Å². The standard InChI is InChI=1S/C13H18FNS/c1-3-8-15-9-11(2)10-16-13-6-4-12(14)5-7-13/h4-7,15H,2-3,8-10H2,1H3. The van der Waals surface area contributed by atoms with Crippen LogP contribution < -0.4 is 5.32 Å². The largest absolute Gasteiger partial charge is 0.313 e. The molecule has 1 aromatic rings. The van der Waals surface area contributed by atoms with Gasteiger partial charge in [-0.25, -0.2) is 4.39 Å². The maximum absolute atomic E-state index is 12.7. The van der Waals surface area contributed by atoms with Crippen molar-refractivity contribution in [3.05, 3.63) is 42.2 Å². The van der Waals surface area contributed by atoms with Crippen LogP contribution in [0.25, 0.3) is 0 Å². The van der Waals surface area contributed by atoms with E-state index in [0.29, 0.717) is 0 Å². The van der Waals surface area contributed by atoms with Crippen molar-refractivity contribution in [3.8, 4) is 0 Å². The molecule has 0 aromatic heterocycles. The predicted octanol–water partition coefficient (Wildman–Crippen LogP) is 3.47. The molecule has 0 spiro atoms. The molecule has 1 aromatic carbocycles. The average molecular weight is 239 g/mol. The summed E-state index contributed by atoms with van der Waals surface area (Å²) in [6.45, 7) is 8.03. The van der Waals surface area contributed by atoms with E-state index in [4.69, 9.17) is 0 Å². The number of benzene rings is 1. The fraction of sp³-hybridized carbons (Fsp3) is 0.385. The van der Waals surface area contributed by atoms with Gasteiger partial charge in [0, 0.05) is 17.2 Å². The van der Waals surface area contributed by atoms with E-state index in [-0.39, 0.29) is 5.82 Å². The molecular formula is C13H18FNS. The Balaban J connectivity index is 2.23. The van der Waals surface area contributed by atoms with Gasteiger partial charge in [-0.2, -0.15) is 0 Å². The molecule has 0 unspecified atom stereocenters. The molecule has 1 rings (SSSR count). The monoisotopic (exact) mass is 239 g/mol. The van der Waals surface area contributed by atoms with E-state index in [9.17, 15) is 4.39 Å². The zero-order valence-electron chi connectivity index (χ0n) is 9.63. The zero-order chi connectivity index (χ0) is 11.8. The zero-order valence-corrected chi connectivity index (χ0v) is 10.4. The van der Waals surface area contributed by atoms with Crippen molar-refractivity contribution in [1.29, 1.82) is 0 Å². The molecular weight excluding hydrogens is 221 g/mol. The molecule has 0 aliphatic carbocycles. The second-order valence-corrected chi connectivity index (χ2v) is 4.72. The van der Waals surface area contributed by atoms with E-state index in [2.05, 4.69) is 18.8 Å². The lowest BCUT2D eigenvalue weighted by atomic mass is 10.3. The molecule has 0 heterocycles. The minimum Gasteiger partial charge on any atom is -0.313 e. The third-order valence-corrected chi connectivity index (χ3v) is 3.22. The summed E-state index contributed by atoms with van der Waals surface area (Å²) >= 11 is 1.69. The smallest absolute Gasteiger partial charge is 0.123 e. The number of thioether (sulfide) groups is 1. The van der Waals surface area contributed by atoms with Crippen LogP contribution in [0.15, 0.2) is 41.3 Å². The van der Waals surface area contributed by atoms with Crippen LogP contribution in [-0.4, -0.2) is 18.8 Å². The van der Waals surface area contributed by atoms with Crippen molar-refractivity contribution in [1.82, 2.24) is 5.32 Å². The van der Waals surface area contributed by atoms with Crippen LogP contribution in [0, 0.1) is 5.82 Å². The van der Waals surface area contributed by atoms with Crippen molar-refractivity contribution in [3.63, 3.8) is 0 Å². The fourth-order valence-electron chi connectivity index (χ4n) is 1.21. The number of halogens is 1. The first-order valence-electron chi connectivity index (χ1n) is 5.48. The van der Waals surface area contributed by atoms with Crippen molar-refractivity contribution in [2.24, 2.45) is 0 Å². The number of nitrogens with one attached hydrogen (secondary N) is 1. The Morgan fingerprint density at radius 2 is 2.06 bits per heavy atom. The molecule has 16 heavy (non-hydrogen) atoms. The van der Waals surface area contributed by atoms with Gasteiger partial charge in [0.05, 0.1) is 0 Å². The minimum atomic E-state index is -0.187. The molecule has 0 bridgehead atoms. The van der Waals surface area contributed by atoms with E-state index in [0.717, 1.165) is 30.2 Å². The molecule has 0 fully saturated rings. The molecule has 0 atom stereocenters. The first-order valence-corrected chi connectivity index (χ1v) is 6.46. The molecule has 0 saturated carbocycles. The number of rotatable bonds is 7. The maximum atomic E-state index is 12.7. The van der Waals surface area contributed by atoms with E-state index in [1.165, 1.54) is 17.7 Å². The van der Waals surface area contributed by atoms with Gasteiger partial charge in [0.2, 0.25) is 0 Å². The van der Waals surface area contributed by atoms with Crippen LogP contribution in [0.2, 0.25) is 0 Å². The summed E-state index contributed by atoms with van der Waals surface area (Å²) in [5.74, 6) is 0.690. The van der Waals surface area contributed by atoms with Gasteiger partial charge >= 0.3 is 0 Å². The fourth-order valence-corrected chi connectivity index (χ4v) is 2.01. The van der Waals surface area contributed by atoms with Gasteiger partial charge in [0.15, 0.2) is 0 Å². The highest BCUT2D eigenvalue weighted by molar-refractivity contribution is 7.99. The normalized spacial score (nSPS) is 10.4. The maximum Gasteiger partial charge on any atom is 0.123 e. The van der Waals surface area contributed by atoms with E-state index >= 15 is 0 Å². The highest BCUT2D eigenvalue weighted by atomic mass is 32.2. The Hall–Kier alpha value is -0.800. The van der Waals surface area contributed by atoms with Gasteiger partial charge < -0.3 is 5.32 Å². The molecule has 0 saturated heterocycles. The lowest BCUT2D eigenvalue weighted by Crippen LogP contribution is -2.18. The highest BCUT2D eigenvalue weighted by Gasteiger charge is 1.97. The lowest BCUT2D eigenvalue weighted by Gasteiger charge is -2.06. The second kappa shape index (κ2) is 7.47. The van der Waals surface area contributed by atoms with Crippen LogP contribution in [0.5, 0.6) is 0 Å². The summed E-state index contributed by atoms with van der Waals surface area (Å²) in [6, 6.07) is 6.57. The van der Waals surface area contributed by atoms with Gasteiger partial charge in [-0.3, -0.25) is 0 Å². The second-order valence-electron chi connectivity index (χ2n) is 3.67. The highest BCUT2D eigenvalue weighted by Crippen LogP contribution is 2.19. The molecule has 0 amide bonds. The number of hydrogen-bond acceptors (Lipinski definition) is 2. The summed E-state index contributed by atoms with van der Waals surface area (Å²) in [5, 5.41) is 3.31. The minimum absolute atomic E-state index is 0.187. The van der Waals surface area contributed by atoms with Crippen LogP contribution in [-0.2, 0) is 0 Å². The van der Waals surface area contributed by atoms with Crippen molar-refractivity contribution >= 4 is 11.8 Å². The Bertz CT molecular complexity index is 321. The SMILES string of the molecule is C=C(CNCCC)CSc1ccc(F)cc1. The van der Waals surface area contributed by atoms with Crippen molar-refractivity contribution < 1.29 is 4.39 Å². The van der Waals surface area contributed by atoms with E-state index in [1.807, 2.05) is 0 Å². The third kappa shape index (κ3) is 5.33. The lowest BCUT2D eigenvalue weighted by molar-refractivity contribution is 0.626. The summed E-state index contributed by atoms with van der Waals surface area (Å²) in [4.78, 5) is 1.08.